The van der Waals surface area contributed by atoms with Gasteiger partial charge in [0, 0.05) is 34.6 Å². The van der Waals surface area contributed by atoms with Gasteiger partial charge < -0.3 is 15.4 Å². The van der Waals surface area contributed by atoms with E-state index in [-0.39, 0.29) is 17.7 Å². The largest absolute Gasteiger partial charge is 0.508 e. The molecule has 1 saturated carbocycles. The van der Waals surface area contributed by atoms with Gasteiger partial charge in [-0.25, -0.2) is 4.79 Å². The number of urea groups is 1. The monoisotopic (exact) mass is 492 g/mol. The highest BCUT2D eigenvalue weighted by Crippen LogP contribution is 2.49. The summed E-state index contributed by atoms with van der Waals surface area (Å²) >= 11 is 6.33. The number of nitrogens with zero attached hydrogens (tertiary/aromatic N) is 2. The van der Waals surface area contributed by atoms with E-state index in [4.69, 9.17) is 11.6 Å². The van der Waals surface area contributed by atoms with Crippen molar-refractivity contribution in [3.05, 3.63) is 64.3 Å². The number of carbonyl (C=O) groups is 2. The van der Waals surface area contributed by atoms with Crippen molar-refractivity contribution in [1.82, 2.24) is 20.1 Å². The Hall–Kier alpha value is -3.03. The van der Waals surface area contributed by atoms with Crippen molar-refractivity contribution in [3.63, 3.8) is 0 Å². The van der Waals surface area contributed by atoms with Crippen molar-refractivity contribution in [3.8, 4) is 5.75 Å². The number of fused-ring (bicyclic) bond motifs is 4. The summed E-state index contributed by atoms with van der Waals surface area (Å²) in [5.41, 5.74) is 2.49. The van der Waals surface area contributed by atoms with Gasteiger partial charge in [-0.15, -0.1) is 0 Å². The van der Waals surface area contributed by atoms with Crippen molar-refractivity contribution < 1.29 is 14.7 Å². The van der Waals surface area contributed by atoms with Crippen LogP contribution in [0.3, 0.4) is 0 Å². The molecule has 6 rings (SSSR count). The molecule has 3 heterocycles. The number of amides is 3. The highest BCUT2D eigenvalue weighted by molar-refractivity contribution is 6.31. The Morgan fingerprint density at radius 1 is 1.20 bits per heavy atom. The third-order valence-corrected chi connectivity index (χ3v) is 7.91. The maximum atomic E-state index is 13.8. The Morgan fingerprint density at radius 2 is 2.03 bits per heavy atom. The average Bonchev–Trinajstić information content (AvgIpc) is 3.56. The number of carbonyl (C=O) groups excluding carboxylic acids is 2. The van der Waals surface area contributed by atoms with Gasteiger partial charge in [0.1, 0.15) is 17.3 Å². The number of rotatable bonds is 7. The SMILES string of the molecule is CC12Cc3c([nH]c4ccc(Cl)cc34)C(c3cccc(O)c3)N1C(=O)N(CCCNCC1CC1)C2=O. The number of aromatic nitrogens is 1. The molecule has 3 aromatic rings. The molecule has 2 aliphatic heterocycles. The molecule has 3 N–H and O–H groups in total. The molecule has 0 spiro atoms. The van der Waals surface area contributed by atoms with Gasteiger partial charge in [0.2, 0.25) is 0 Å². The molecule has 2 aromatic carbocycles. The molecule has 1 saturated heterocycles. The number of nitrogens with one attached hydrogen (secondary N) is 2. The molecule has 0 bridgehead atoms. The summed E-state index contributed by atoms with van der Waals surface area (Å²) in [5.74, 6) is 0.738. The maximum Gasteiger partial charge on any atom is 0.328 e. The van der Waals surface area contributed by atoms with E-state index >= 15 is 0 Å². The Morgan fingerprint density at radius 3 is 2.80 bits per heavy atom. The number of hydrogen-bond donors (Lipinski definition) is 3. The lowest BCUT2D eigenvalue weighted by atomic mass is 9.81. The summed E-state index contributed by atoms with van der Waals surface area (Å²) in [4.78, 5) is 34.2. The molecule has 2 atom stereocenters. The number of aromatic hydroxyl groups is 1. The number of halogens is 1. The van der Waals surface area contributed by atoms with Crippen LogP contribution in [0.15, 0.2) is 42.5 Å². The molecule has 2 fully saturated rings. The molecule has 2 unspecified atom stereocenters. The highest BCUT2D eigenvalue weighted by Gasteiger charge is 2.60. The minimum Gasteiger partial charge on any atom is -0.508 e. The first kappa shape index (κ1) is 22.4. The van der Waals surface area contributed by atoms with Crippen molar-refractivity contribution in [1.29, 1.82) is 0 Å². The molecule has 1 aliphatic carbocycles. The van der Waals surface area contributed by atoms with Gasteiger partial charge in [-0.05, 0) is 86.7 Å². The first-order valence-electron chi connectivity index (χ1n) is 12.3. The van der Waals surface area contributed by atoms with Crippen LogP contribution in [0.5, 0.6) is 5.75 Å². The van der Waals surface area contributed by atoms with Gasteiger partial charge in [-0.1, -0.05) is 23.7 Å². The second-order valence-electron chi connectivity index (χ2n) is 10.3. The van der Waals surface area contributed by atoms with Crippen molar-refractivity contribution >= 4 is 34.4 Å². The lowest BCUT2D eigenvalue weighted by Gasteiger charge is -2.42. The van der Waals surface area contributed by atoms with Crippen LogP contribution in [-0.2, 0) is 11.2 Å². The summed E-state index contributed by atoms with van der Waals surface area (Å²) in [5, 5.41) is 15.3. The van der Waals surface area contributed by atoms with Gasteiger partial charge in [0.15, 0.2) is 0 Å². The van der Waals surface area contributed by atoms with E-state index in [1.54, 1.807) is 23.1 Å². The number of phenolic OH excluding ortho intramolecular Hbond substituents is 1. The Balaban J connectivity index is 1.39. The molecule has 182 valence electrons. The summed E-state index contributed by atoms with van der Waals surface area (Å²) in [6.45, 7) is 4.04. The van der Waals surface area contributed by atoms with Crippen LogP contribution in [0, 0.1) is 5.92 Å². The van der Waals surface area contributed by atoms with E-state index in [1.165, 1.54) is 17.7 Å². The van der Waals surface area contributed by atoms with Crippen LogP contribution >= 0.6 is 11.6 Å². The van der Waals surface area contributed by atoms with E-state index in [1.807, 2.05) is 31.2 Å². The number of aromatic amines is 1. The molecule has 0 radical (unpaired) electrons. The van der Waals surface area contributed by atoms with E-state index < -0.39 is 11.6 Å². The normalized spacial score (nSPS) is 23.8. The summed E-state index contributed by atoms with van der Waals surface area (Å²) in [6, 6.07) is 11.8. The first-order valence-corrected chi connectivity index (χ1v) is 12.7. The zero-order valence-corrected chi connectivity index (χ0v) is 20.4. The van der Waals surface area contributed by atoms with Gasteiger partial charge in [-0.3, -0.25) is 14.6 Å². The van der Waals surface area contributed by atoms with Crippen LogP contribution in [0.25, 0.3) is 10.9 Å². The second kappa shape index (κ2) is 8.28. The van der Waals surface area contributed by atoms with Crippen LogP contribution in [0.2, 0.25) is 5.02 Å². The average molecular weight is 493 g/mol. The van der Waals surface area contributed by atoms with Gasteiger partial charge in [0.25, 0.3) is 5.91 Å². The Kier molecular flexibility index (Phi) is 5.31. The van der Waals surface area contributed by atoms with Crippen molar-refractivity contribution in [2.75, 3.05) is 19.6 Å². The molecule has 3 aliphatic rings. The fourth-order valence-electron chi connectivity index (χ4n) is 5.71. The second-order valence-corrected chi connectivity index (χ2v) is 10.7. The fourth-order valence-corrected chi connectivity index (χ4v) is 5.89. The van der Waals surface area contributed by atoms with E-state index in [0.717, 1.165) is 53.2 Å². The zero-order chi connectivity index (χ0) is 24.3. The molecule has 3 amide bonds. The van der Waals surface area contributed by atoms with Gasteiger partial charge in [0.05, 0.1) is 0 Å². The smallest absolute Gasteiger partial charge is 0.328 e. The highest BCUT2D eigenvalue weighted by atomic mass is 35.5. The molecular weight excluding hydrogens is 464 g/mol. The van der Waals surface area contributed by atoms with Crippen LogP contribution < -0.4 is 5.32 Å². The minimum atomic E-state index is -1.03. The standard InChI is InChI=1S/C27H29ClN4O3/c1-27-14-21-20-13-18(28)8-9-22(20)30-23(21)24(17-4-2-5-19(33)12-17)32(27)26(35)31(25(27)34)11-3-10-29-15-16-6-7-16/h2,4-5,8-9,12-13,16,24,29-30,33H,3,6-7,10-11,14-15H2,1H3. The minimum absolute atomic E-state index is 0.118. The topological polar surface area (TPSA) is 88.7 Å². The number of imide groups is 1. The van der Waals surface area contributed by atoms with Crippen LogP contribution in [0.4, 0.5) is 4.79 Å². The number of H-pyrrole nitrogens is 1. The first-order chi connectivity index (χ1) is 16.9. The molecular formula is C27H29ClN4O3. The van der Waals surface area contributed by atoms with Crippen LogP contribution in [-0.4, -0.2) is 57.0 Å². The van der Waals surface area contributed by atoms with Crippen molar-refractivity contribution in [2.24, 2.45) is 5.92 Å². The van der Waals surface area contributed by atoms with Gasteiger partial charge in [-0.2, -0.15) is 0 Å². The maximum absolute atomic E-state index is 13.8. The number of phenols is 1. The quantitative estimate of drug-likeness (QED) is 0.332. The van der Waals surface area contributed by atoms with Gasteiger partial charge >= 0.3 is 6.03 Å². The summed E-state index contributed by atoms with van der Waals surface area (Å²) in [6.07, 6.45) is 3.70. The lowest BCUT2D eigenvalue weighted by molar-refractivity contribution is -0.133. The molecule has 35 heavy (non-hydrogen) atoms. The van der Waals surface area contributed by atoms with Crippen molar-refractivity contribution in [2.45, 2.75) is 44.2 Å². The Labute approximate surface area is 209 Å². The van der Waals surface area contributed by atoms with E-state index in [0.29, 0.717) is 18.0 Å². The van der Waals surface area contributed by atoms with E-state index in [2.05, 4.69) is 10.3 Å². The predicted octanol–water partition coefficient (Wildman–Crippen LogP) is 4.59. The third-order valence-electron chi connectivity index (χ3n) is 7.68. The molecule has 7 nitrogen and oxygen atoms in total. The zero-order valence-electron chi connectivity index (χ0n) is 19.7. The summed E-state index contributed by atoms with van der Waals surface area (Å²) in [7, 11) is 0. The predicted molar refractivity (Wildman–Crippen MR) is 135 cm³/mol. The molecule has 8 heteroatoms. The summed E-state index contributed by atoms with van der Waals surface area (Å²) < 4.78 is 0. The van der Waals surface area contributed by atoms with Crippen LogP contribution in [0.1, 0.15) is 49.0 Å². The number of benzene rings is 2. The lowest BCUT2D eigenvalue weighted by Crippen LogP contribution is -2.53. The van der Waals surface area contributed by atoms with E-state index in [9.17, 15) is 14.7 Å². The Bertz CT molecular complexity index is 1330. The number of hydrogen-bond acceptors (Lipinski definition) is 4. The third kappa shape index (κ3) is 3.69. The fraction of sp³-hybridized carbons (Fsp3) is 0.407. The molecule has 1 aromatic heterocycles.